The molecule has 0 bridgehead atoms. The van der Waals surface area contributed by atoms with Crippen LogP contribution in [0.2, 0.25) is 10.0 Å². The maximum Gasteiger partial charge on any atom is 0.353 e. The number of aromatic nitrogens is 6. The largest absolute Gasteiger partial charge is 0.477 e. The third-order valence-electron chi connectivity index (χ3n) is 13.3. The van der Waals surface area contributed by atoms with Crippen molar-refractivity contribution in [1.29, 1.82) is 0 Å². The predicted octanol–water partition coefficient (Wildman–Crippen LogP) is 9.35. The zero-order valence-corrected chi connectivity index (χ0v) is 50.2. The van der Waals surface area contributed by atoms with E-state index >= 15 is 0 Å². The first kappa shape index (κ1) is 67.4. The van der Waals surface area contributed by atoms with Crippen molar-refractivity contribution < 1.29 is 49.1 Å². The molecular formula is C68H66Cl2N8O12. The molecule has 0 saturated heterocycles. The van der Waals surface area contributed by atoms with Crippen LogP contribution in [-0.4, -0.2) is 105 Å². The highest BCUT2D eigenvalue weighted by Gasteiger charge is 2.26. The number of hydrogen-bond acceptors (Lipinski definition) is 14. The van der Waals surface area contributed by atoms with Gasteiger partial charge in [0.2, 0.25) is 0 Å². The second kappa shape index (κ2) is 34.5. The summed E-state index contributed by atoms with van der Waals surface area (Å²) in [4.78, 5) is 79.9. The number of halogens is 2. The summed E-state index contributed by atoms with van der Waals surface area (Å²) in [5.74, 6) is -2.48. The number of rotatable bonds is 21. The molecule has 9 N–H and O–H groups in total. The Kier molecular flexibility index (Phi) is 25.8. The van der Waals surface area contributed by atoms with Crippen LogP contribution in [0.5, 0.6) is 0 Å². The predicted molar refractivity (Wildman–Crippen MR) is 342 cm³/mol. The molecule has 0 spiro atoms. The molecule has 0 saturated carbocycles. The lowest BCUT2D eigenvalue weighted by Crippen LogP contribution is -2.41. The molecule has 4 atom stereocenters. The summed E-state index contributed by atoms with van der Waals surface area (Å²) in [5, 5.41) is 47.1. The van der Waals surface area contributed by atoms with Crippen LogP contribution in [0.1, 0.15) is 63.0 Å². The lowest BCUT2D eigenvalue weighted by atomic mass is 9.97. The maximum atomic E-state index is 13.2. The maximum absolute atomic E-state index is 13.2. The number of hydrogen-bond donors (Lipinski definition) is 8. The number of aromatic carboxylic acids is 1. The van der Waals surface area contributed by atoms with E-state index in [1.54, 1.807) is 49.4 Å². The van der Waals surface area contributed by atoms with Gasteiger partial charge in [-0.3, -0.25) is 24.6 Å². The third kappa shape index (κ3) is 21.1. The summed E-state index contributed by atoms with van der Waals surface area (Å²) in [6, 6.07) is 60.8. The summed E-state index contributed by atoms with van der Waals surface area (Å²) in [5.41, 5.74) is 12.7. The highest BCUT2D eigenvalue weighted by Crippen LogP contribution is 2.25. The van der Waals surface area contributed by atoms with Crippen LogP contribution < -0.4 is 22.2 Å². The summed E-state index contributed by atoms with van der Waals surface area (Å²) in [6.45, 7) is 2.10. The molecule has 20 nitrogen and oxygen atoms in total. The number of amides is 1. The van der Waals surface area contributed by atoms with Crippen LogP contribution in [0.15, 0.2) is 228 Å². The minimum Gasteiger partial charge on any atom is -0.477 e. The lowest BCUT2D eigenvalue weighted by molar-refractivity contribution is -0.155. The van der Waals surface area contributed by atoms with Crippen LogP contribution in [0.4, 0.5) is 0 Å². The van der Waals surface area contributed by atoms with Crippen molar-refractivity contribution in [2.24, 2.45) is 5.73 Å². The van der Waals surface area contributed by atoms with Gasteiger partial charge in [-0.05, 0) is 119 Å². The van der Waals surface area contributed by atoms with Crippen LogP contribution in [0.25, 0.3) is 33.9 Å². The van der Waals surface area contributed by atoms with E-state index in [4.69, 9.17) is 48.6 Å². The van der Waals surface area contributed by atoms with Crippen LogP contribution >= 0.6 is 23.2 Å². The normalized spacial score (nSPS) is 11.9. The Balaban J connectivity index is 0.000000203. The smallest absolute Gasteiger partial charge is 0.353 e. The van der Waals surface area contributed by atoms with Crippen molar-refractivity contribution in [3.8, 4) is 33.9 Å². The molecule has 0 aliphatic carbocycles. The number of aromatic amines is 2. The number of aliphatic hydroxyl groups is 3. The number of ether oxygens (including phenoxy) is 2. The average molecular weight is 1260 g/mol. The van der Waals surface area contributed by atoms with Gasteiger partial charge in [0.1, 0.15) is 18.0 Å². The Morgan fingerprint density at radius 3 is 1.47 bits per heavy atom. The Morgan fingerprint density at radius 2 is 1.01 bits per heavy atom. The number of nitrogens with one attached hydrogen (secondary N) is 3. The molecule has 4 aromatic heterocycles. The number of carboxylic acid groups (broad SMARTS) is 1. The van der Waals surface area contributed by atoms with Crippen molar-refractivity contribution in [3.05, 3.63) is 283 Å². The molecule has 0 radical (unpaired) electrons. The van der Waals surface area contributed by atoms with Crippen LogP contribution in [0.3, 0.4) is 0 Å². The molecule has 0 aliphatic heterocycles. The topological polar surface area (TPSA) is 307 Å². The number of carbonyl (C=O) groups excluding carboxylic acids is 3. The van der Waals surface area contributed by atoms with Crippen molar-refractivity contribution in [1.82, 2.24) is 34.8 Å². The van der Waals surface area contributed by atoms with Gasteiger partial charge in [-0.25, -0.2) is 33.7 Å². The molecule has 0 unspecified atom stereocenters. The second-order valence-electron chi connectivity index (χ2n) is 20.1. The summed E-state index contributed by atoms with van der Waals surface area (Å²) in [7, 11) is 0. The number of nitrogens with zero attached hydrogens (tertiary/aromatic N) is 4. The minimum absolute atomic E-state index is 0.0121. The standard InChI is InChI=1S/C33H29ClN4O5.C19H22ClNO3.C9H7N3O3.C7H8O/c34-26-10-6-9-25(18-26)24-14-12-22(13-15-24)17-27(19-29(39)33(42)43-21-23-7-2-1-3-8-23)36-32(41)28-20-31(40)38(37-28)30-11-4-5-16-35-30;1-2-24-19(23)18(22)12-17(21)10-13-6-8-14(9-7-13)15-4-3-5-16(20)11-15;13-8-5-6(9(14)15)11-12(8)7-3-1-2-4-10-7;8-6-7-4-2-1-3-5-7/h1-16,18,20,27,29,37,39H,17,19,21H2,(H,36,41);3-9,11,17-18,22H,2,10,12,21H2,1H3;1-5,11H,(H,14,15);1-5,8H,6H2/t27-,29-;17-,18-;;/m11../s1. The number of nitrogens with two attached hydrogens (primary N) is 1. The monoisotopic (exact) mass is 1260 g/mol. The molecule has 22 heteroatoms. The molecule has 464 valence electrons. The SMILES string of the molecule is CCOC(=O)[C@H](O)C[C@H](N)Cc1ccc(-c2cccc(Cl)c2)cc1.O=C(N[C@H](Cc1ccc(-c2cccc(Cl)c2)cc1)C[C@@H](O)C(=O)OCc1ccccc1)c1cc(=O)n(-c2ccccn2)[nH]1.O=C(O)c1cc(=O)n(-c2ccccn2)[nH]1.OCc1ccccc1. The van der Waals surface area contributed by atoms with Crippen molar-refractivity contribution in [2.75, 3.05) is 6.61 Å². The molecule has 90 heavy (non-hydrogen) atoms. The molecule has 6 aromatic carbocycles. The number of H-pyrrole nitrogens is 2. The Morgan fingerprint density at radius 1 is 0.544 bits per heavy atom. The zero-order valence-electron chi connectivity index (χ0n) is 48.7. The van der Waals surface area contributed by atoms with Crippen molar-refractivity contribution in [3.63, 3.8) is 0 Å². The van der Waals surface area contributed by atoms with E-state index in [9.17, 15) is 39.0 Å². The number of benzene rings is 6. The fourth-order valence-electron chi connectivity index (χ4n) is 8.86. The third-order valence-corrected chi connectivity index (χ3v) is 13.8. The van der Waals surface area contributed by atoms with E-state index in [1.807, 2.05) is 152 Å². The van der Waals surface area contributed by atoms with Crippen LogP contribution in [0, 0.1) is 0 Å². The number of aliphatic hydroxyl groups excluding tert-OH is 3. The van der Waals surface area contributed by atoms with Gasteiger partial charge in [-0.1, -0.05) is 169 Å². The van der Waals surface area contributed by atoms with E-state index in [0.717, 1.165) is 59.9 Å². The van der Waals surface area contributed by atoms with Gasteiger partial charge in [0.25, 0.3) is 17.0 Å². The van der Waals surface area contributed by atoms with Crippen LogP contribution in [-0.2, 0) is 45.1 Å². The van der Waals surface area contributed by atoms with Gasteiger partial charge in [-0.2, -0.15) is 0 Å². The summed E-state index contributed by atoms with van der Waals surface area (Å²) < 4.78 is 12.3. The first-order chi connectivity index (χ1) is 43.5. The lowest BCUT2D eigenvalue weighted by Gasteiger charge is -2.21. The fourth-order valence-corrected chi connectivity index (χ4v) is 9.24. The average Bonchev–Trinajstić information content (AvgIpc) is 2.93. The number of carbonyl (C=O) groups is 4. The molecule has 0 aliphatic rings. The molecule has 10 aromatic rings. The molecule has 0 fully saturated rings. The van der Waals surface area contributed by atoms with Gasteiger partial charge in [-0.15, -0.1) is 0 Å². The quantitative estimate of drug-likeness (QED) is 0.0311. The number of esters is 2. The molecule has 4 heterocycles. The highest BCUT2D eigenvalue weighted by molar-refractivity contribution is 6.31. The second-order valence-corrected chi connectivity index (χ2v) is 21.0. The van der Waals surface area contributed by atoms with Gasteiger partial charge < -0.3 is 41.0 Å². The molecular weight excluding hydrogens is 1190 g/mol. The number of pyridine rings is 2. The van der Waals surface area contributed by atoms with Gasteiger partial charge in [0.15, 0.2) is 23.8 Å². The number of carboxylic acids is 1. The Hall–Kier alpha value is -10.1. The fraction of sp³-hybridized carbons (Fsp3) is 0.176. The molecule has 10 rings (SSSR count). The first-order valence-corrected chi connectivity index (χ1v) is 29.1. The van der Waals surface area contributed by atoms with Crippen molar-refractivity contribution in [2.45, 2.75) is 70.1 Å². The minimum atomic E-state index is -1.49. The van der Waals surface area contributed by atoms with Gasteiger partial charge in [0, 0.05) is 53.1 Å². The van der Waals surface area contributed by atoms with E-state index in [1.165, 1.54) is 18.5 Å². The summed E-state index contributed by atoms with van der Waals surface area (Å²) >= 11 is 12.2. The Labute approximate surface area is 527 Å². The van der Waals surface area contributed by atoms with Gasteiger partial charge in [0.05, 0.1) is 13.2 Å². The highest BCUT2D eigenvalue weighted by atomic mass is 35.5. The zero-order chi connectivity index (χ0) is 64.4. The van der Waals surface area contributed by atoms with Gasteiger partial charge >= 0.3 is 17.9 Å². The van der Waals surface area contributed by atoms with E-state index < -0.39 is 53.2 Å². The van der Waals surface area contributed by atoms with E-state index in [2.05, 4.69) is 25.5 Å². The first-order valence-electron chi connectivity index (χ1n) is 28.3. The summed E-state index contributed by atoms with van der Waals surface area (Å²) in [6.07, 6.45) is 1.33. The van der Waals surface area contributed by atoms with E-state index in [0.29, 0.717) is 34.5 Å². The Bertz CT molecular complexity index is 4000. The van der Waals surface area contributed by atoms with Crippen molar-refractivity contribution >= 4 is 47.0 Å². The molecule has 1 amide bonds. The van der Waals surface area contributed by atoms with E-state index in [-0.39, 0.29) is 50.1 Å².